The molecule has 0 saturated carbocycles. The van der Waals surface area contributed by atoms with E-state index in [2.05, 4.69) is 15.2 Å². The van der Waals surface area contributed by atoms with Gasteiger partial charge < -0.3 is 19.3 Å². The SMILES string of the molecule is COc1cccc(OC)c1-c1cnc(N(C)C)nc1C1CCCCN1C(=O)c1ccn[nH]1. The van der Waals surface area contributed by atoms with Gasteiger partial charge in [0.1, 0.15) is 17.2 Å². The lowest BCUT2D eigenvalue weighted by atomic mass is 9.92. The Morgan fingerprint density at radius 2 is 1.91 bits per heavy atom. The number of likely N-dealkylation sites (tertiary alicyclic amines) is 1. The summed E-state index contributed by atoms with van der Waals surface area (Å²) in [4.78, 5) is 26.5. The largest absolute Gasteiger partial charge is 0.496 e. The van der Waals surface area contributed by atoms with Crippen LogP contribution in [-0.4, -0.2) is 65.8 Å². The molecule has 3 heterocycles. The maximum atomic E-state index is 13.3. The number of rotatable bonds is 6. The monoisotopic (exact) mass is 436 g/mol. The lowest BCUT2D eigenvalue weighted by molar-refractivity contribution is 0.0600. The zero-order valence-electron chi connectivity index (χ0n) is 18.8. The van der Waals surface area contributed by atoms with Gasteiger partial charge in [-0.15, -0.1) is 0 Å². The highest BCUT2D eigenvalue weighted by Gasteiger charge is 2.33. The van der Waals surface area contributed by atoms with Crippen LogP contribution in [0, 0.1) is 0 Å². The molecule has 32 heavy (non-hydrogen) atoms. The maximum Gasteiger partial charge on any atom is 0.272 e. The van der Waals surface area contributed by atoms with Crippen LogP contribution >= 0.6 is 0 Å². The average Bonchev–Trinajstić information content (AvgIpc) is 3.37. The lowest BCUT2D eigenvalue weighted by Gasteiger charge is -2.36. The fourth-order valence-corrected chi connectivity index (χ4v) is 4.15. The number of H-pyrrole nitrogens is 1. The van der Waals surface area contributed by atoms with Gasteiger partial charge in [-0.3, -0.25) is 9.89 Å². The van der Waals surface area contributed by atoms with Gasteiger partial charge in [0.25, 0.3) is 5.91 Å². The van der Waals surface area contributed by atoms with Crippen LogP contribution in [0.5, 0.6) is 11.5 Å². The Morgan fingerprint density at radius 1 is 1.16 bits per heavy atom. The van der Waals surface area contributed by atoms with E-state index in [9.17, 15) is 4.79 Å². The number of piperidine rings is 1. The molecule has 1 amide bonds. The number of benzene rings is 1. The third-order valence-electron chi connectivity index (χ3n) is 5.71. The molecule has 0 spiro atoms. The van der Waals surface area contributed by atoms with E-state index in [0.717, 1.165) is 36.1 Å². The number of hydrogen-bond donors (Lipinski definition) is 1. The summed E-state index contributed by atoms with van der Waals surface area (Å²) in [5.41, 5.74) is 2.81. The molecule has 0 radical (unpaired) electrons. The van der Waals surface area contributed by atoms with Gasteiger partial charge >= 0.3 is 0 Å². The van der Waals surface area contributed by atoms with Gasteiger partial charge in [0.2, 0.25) is 5.95 Å². The van der Waals surface area contributed by atoms with E-state index in [1.807, 2.05) is 42.1 Å². The Balaban J connectivity index is 1.89. The molecule has 3 aromatic rings. The Bertz CT molecular complexity index is 1060. The summed E-state index contributed by atoms with van der Waals surface area (Å²) in [6.07, 6.45) is 6.13. The Kier molecular flexibility index (Phi) is 6.25. The van der Waals surface area contributed by atoms with Crippen molar-refractivity contribution in [2.24, 2.45) is 0 Å². The van der Waals surface area contributed by atoms with E-state index < -0.39 is 0 Å². The molecule has 0 bridgehead atoms. The van der Waals surface area contributed by atoms with Crippen molar-refractivity contribution in [2.45, 2.75) is 25.3 Å². The summed E-state index contributed by atoms with van der Waals surface area (Å²) in [6, 6.07) is 7.13. The number of amides is 1. The van der Waals surface area contributed by atoms with Crippen LogP contribution in [0.1, 0.15) is 41.5 Å². The van der Waals surface area contributed by atoms with E-state index >= 15 is 0 Å². The molecule has 1 aliphatic heterocycles. The fourth-order valence-electron chi connectivity index (χ4n) is 4.15. The summed E-state index contributed by atoms with van der Waals surface area (Å²) in [7, 11) is 7.05. The number of anilines is 1. The molecular weight excluding hydrogens is 408 g/mol. The third kappa shape index (κ3) is 3.98. The quantitative estimate of drug-likeness (QED) is 0.633. The predicted molar refractivity (Wildman–Crippen MR) is 121 cm³/mol. The van der Waals surface area contributed by atoms with Gasteiger partial charge in [-0.05, 0) is 37.5 Å². The number of hydrogen-bond acceptors (Lipinski definition) is 7. The van der Waals surface area contributed by atoms with E-state index in [-0.39, 0.29) is 11.9 Å². The minimum Gasteiger partial charge on any atom is -0.496 e. The van der Waals surface area contributed by atoms with Gasteiger partial charge in [-0.2, -0.15) is 5.10 Å². The second-order valence-corrected chi connectivity index (χ2v) is 7.88. The van der Waals surface area contributed by atoms with Crippen LogP contribution in [0.4, 0.5) is 5.95 Å². The standard InChI is InChI=1S/C23H28N6O3/c1-28(2)23-24-14-15(20-18(31-3)9-7-10-19(20)32-4)21(26-23)17-8-5-6-13-29(17)22(30)16-11-12-25-27-16/h7,9-12,14,17H,5-6,8,13H2,1-4H3,(H,25,27). The van der Waals surface area contributed by atoms with Gasteiger partial charge in [0.15, 0.2) is 0 Å². The highest BCUT2D eigenvalue weighted by atomic mass is 16.5. The highest BCUT2D eigenvalue weighted by Crippen LogP contribution is 2.43. The highest BCUT2D eigenvalue weighted by molar-refractivity contribution is 5.92. The number of methoxy groups -OCH3 is 2. The molecule has 1 fully saturated rings. The van der Waals surface area contributed by atoms with Gasteiger partial charge in [-0.1, -0.05) is 6.07 Å². The first-order valence-corrected chi connectivity index (χ1v) is 10.6. The van der Waals surface area contributed by atoms with Crippen molar-refractivity contribution in [1.29, 1.82) is 0 Å². The first-order chi connectivity index (χ1) is 15.5. The summed E-state index contributed by atoms with van der Waals surface area (Å²) in [5.74, 6) is 1.82. The molecule has 2 aromatic heterocycles. The zero-order valence-corrected chi connectivity index (χ0v) is 18.8. The van der Waals surface area contributed by atoms with Crippen molar-refractivity contribution in [3.63, 3.8) is 0 Å². The molecule has 168 valence electrons. The number of carbonyl (C=O) groups is 1. The van der Waals surface area contributed by atoms with Crippen LogP contribution in [0.3, 0.4) is 0 Å². The van der Waals surface area contributed by atoms with E-state index in [1.54, 1.807) is 32.7 Å². The fraction of sp³-hybridized carbons (Fsp3) is 0.391. The molecule has 1 atom stereocenters. The first-order valence-electron chi connectivity index (χ1n) is 10.6. The number of nitrogens with zero attached hydrogens (tertiary/aromatic N) is 5. The van der Waals surface area contributed by atoms with Crippen LogP contribution in [-0.2, 0) is 0 Å². The van der Waals surface area contributed by atoms with Crippen LogP contribution in [0.25, 0.3) is 11.1 Å². The van der Waals surface area contributed by atoms with Crippen LogP contribution < -0.4 is 14.4 Å². The molecular formula is C23H28N6O3. The molecule has 1 saturated heterocycles. The second-order valence-electron chi connectivity index (χ2n) is 7.88. The smallest absolute Gasteiger partial charge is 0.272 e. The van der Waals surface area contributed by atoms with E-state index in [4.69, 9.17) is 14.5 Å². The summed E-state index contributed by atoms with van der Waals surface area (Å²) >= 11 is 0. The van der Waals surface area contributed by atoms with Gasteiger partial charge in [0, 0.05) is 38.6 Å². The van der Waals surface area contributed by atoms with Crippen molar-refractivity contribution in [2.75, 3.05) is 39.8 Å². The molecule has 1 aromatic carbocycles. The minimum atomic E-state index is -0.217. The molecule has 4 rings (SSSR count). The third-order valence-corrected chi connectivity index (χ3v) is 5.71. The topological polar surface area (TPSA) is 96.5 Å². The molecule has 9 heteroatoms. The molecule has 0 aliphatic carbocycles. The predicted octanol–water partition coefficient (Wildman–Crippen LogP) is 3.32. The first kappa shape index (κ1) is 21.6. The number of nitrogens with one attached hydrogen (secondary N) is 1. The van der Waals surface area contributed by atoms with Gasteiger partial charge in [-0.25, -0.2) is 9.97 Å². The zero-order chi connectivity index (χ0) is 22.7. The number of aromatic nitrogens is 4. The van der Waals surface area contributed by atoms with Crippen molar-refractivity contribution >= 4 is 11.9 Å². The van der Waals surface area contributed by atoms with Crippen LogP contribution in [0.15, 0.2) is 36.7 Å². The summed E-state index contributed by atoms with van der Waals surface area (Å²) in [5, 5.41) is 6.74. The van der Waals surface area contributed by atoms with Crippen molar-refractivity contribution in [3.05, 3.63) is 48.0 Å². The van der Waals surface area contributed by atoms with Crippen molar-refractivity contribution in [3.8, 4) is 22.6 Å². The number of carbonyl (C=O) groups excluding carboxylic acids is 1. The Labute approximate surface area is 187 Å². The second kappa shape index (κ2) is 9.25. The maximum absolute atomic E-state index is 13.3. The van der Waals surface area contributed by atoms with Crippen molar-refractivity contribution in [1.82, 2.24) is 25.1 Å². The average molecular weight is 437 g/mol. The van der Waals surface area contributed by atoms with Crippen molar-refractivity contribution < 1.29 is 14.3 Å². The van der Waals surface area contributed by atoms with E-state index in [0.29, 0.717) is 29.7 Å². The number of aromatic amines is 1. The Hall–Kier alpha value is -3.62. The number of ether oxygens (including phenoxy) is 2. The van der Waals surface area contributed by atoms with Gasteiger partial charge in [0.05, 0.1) is 31.5 Å². The summed E-state index contributed by atoms with van der Waals surface area (Å²) in [6.45, 7) is 0.645. The molecule has 9 nitrogen and oxygen atoms in total. The molecule has 1 aliphatic rings. The lowest BCUT2D eigenvalue weighted by Crippen LogP contribution is -2.39. The molecule has 1 unspecified atom stereocenters. The Morgan fingerprint density at radius 3 is 2.53 bits per heavy atom. The minimum absolute atomic E-state index is 0.0878. The normalized spacial score (nSPS) is 16.0. The van der Waals surface area contributed by atoms with E-state index in [1.165, 1.54) is 0 Å². The molecule has 1 N–H and O–H groups in total. The summed E-state index contributed by atoms with van der Waals surface area (Å²) < 4.78 is 11.3. The van der Waals surface area contributed by atoms with Crippen LogP contribution in [0.2, 0.25) is 0 Å².